The van der Waals surface area contributed by atoms with Crippen molar-refractivity contribution in [3.63, 3.8) is 0 Å². The largest absolute Gasteiger partial charge is 0.370 e. The van der Waals surface area contributed by atoms with Crippen molar-refractivity contribution in [3.8, 4) is 0 Å². The van der Waals surface area contributed by atoms with Crippen LogP contribution in [0.25, 0.3) is 0 Å². The highest BCUT2D eigenvalue weighted by atomic mass is 15.0. The van der Waals surface area contributed by atoms with Crippen LogP contribution in [0.5, 0.6) is 0 Å². The minimum atomic E-state index is 0.979. The fourth-order valence-corrected chi connectivity index (χ4v) is 2.52. The second-order valence-electron chi connectivity index (χ2n) is 4.93. The average Bonchev–Trinajstić information content (AvgIpc) is 2.41. The molecule has 3 rings (SSSR count). The summed E-state index contributed by atoms with van der Waals surface area (Å²) in [6.07, 6.45) is 3.34. The maximum Gasteiger partial charge on any atom is 0.129 e. The highest BCUT2D eigenvalue weighted by molar-refractivity contribution is 5.50. The minimum absolute atomic E-state index is 0.979. The summed E-state index contributed by atoms with van der Waals surface area (Å²) < 4.78 is 0. The molecule has 0 unspecified atom stereocenters. The summed E-state index contributed by atoms with van der Waals surface area (Å²) in [6, 6.07) is 12.9. The van der Waals surface area contributed by atoms with Crippen LogP contribution in [0.15, 0.2) is 36.4 Å². The van der Waals surface area contributed by atoms with E-state index < -0.39 is 0 Å². The molecule has 0 saturated heterocycles. The number of nitrogens with one attached hydrogen (secondary N) is 1. The summed E-state index contributed by atoms with van der Waals surface area (Å²) >= 11 is 0. The number of fused-ring (bicyclic) bond motifs is 1. The lowest BCUT2D eigenvalue weighted by Gasteiger charge is -2.19. The first-order valence-electron chi connectivity index (χ1n) is 6.60. The second kappa shape index (κ2) is 4.81. The van der Waals surface area contributed by atoms with Crippen molar-refractivity contribution in [2.45, 2.75) is 26.2 Å². The van der Waals surface area contributed by atoms with Crippen molar-refractivity contribution in [2.24, 2.45) is 0 Å². The van der Waals surface area contributed by atoms with E-state index in [9.17, 15) is 0 Å². The molecule has 2 heteroatoms. The first kappa shape index (κ1) is 11.3. The van der Waals surface area contributed by atoms with E-state index in [0.29, 0.717) is 0 Å². The maximum atomic E-state index is 4.70. The first-order chi connectivity index (χ1) is 8.83. The van der Waals surface area contributed by atoms with Crippen LogP contribution in [0.2, 0.25) is 0 Å². The topological polar surface area (TPSA) is 24.9 Å². The zero-order valence-corrected chi connectivity index (χ0v) is 10.7. The maximum absolute atomic E-state index is 4.70. The first-order valence-corrected chi connectivity index (χ1v) is 6.60. The molecule has 1 aliphatic rings. The predicted molar refractivity (Wildman–Crippen MR) is 75.0 cm³/mol. The number of nitrogens with zero attached hydrogens (tertiary/aromatic N) is 1. The lowest BCUT2D eigenvalue weighted by Crippen LogP contribution is -2.14. The van der Waals surface area contributed by atoms with Crippen LogP contribution in [0.1, 0.15) is 28.8 Å². The highest BCUT2D eigenvalue weighted by Crippen LogP contribution is 2.23. The molecule has 2 aromatic rings. The summed E-state index contributed by atoms with van der Waals surface area (Å²) in [5.74, 6) is 1.09. The molecular formula is C16H18N2. The fourth-order valence-electron chi connectivity index (χ4n) is 2.52. The van der Waals surface area contributed by atoms with E-state index >= 15 is 0 Å². The van der Waals surface area contributed by atoms with Gasteiger partial charge in [-0.1, -0.05) is 30.3 Å². The van der Waals surface area contributed by atoms with Gasteiger partial charge < -0.3 is 5.32 Å². The van der Waals surface area contributed by atoms with Crippen molar-refractivity contribution in [3.05, 3.63) is 58.8 Å². The molecule has 18 heavy (non-hydrogen) atoms. The number of hydrogen-bond acceptors (Lipinski definition) is 2. The van der Waals surface area contributed by atoms with Gasteiger partial charge in [0, 0.05) is 12.2 Å². The molecule has 92 valence electrons. The number of pyridine rings is 1. The smallest absolute Gasteiger partial charge is 0.129 e. The van der Waals surface area contributed by atoms with Gasteiger partial charge in [-0.25, -0.2) is 4.98 Å². The van der Waals surface area contributed by atoms with Gasteiger partial charge in [-0.3, -0.25) is 0 Å². The van der Waals surface area contributed by atoms with Crippen molar-refractivity contribution >= 4 is 5.82 Å². The highest BCUT2D eigenvalue weighted by Gasteiger charge is 2.12. The predicted octanol–water partition coefficient (Wildman–Crippen LogP) is 3.34. The van der Waals surface area contributed by atoms with Crippen LogP contribution < -0.4 is 5.32 Å². The number of anilines is 1. The molecule has 0 amide bonds. The van der Waals surface area contributed by atoms with E-state index in [1.54, 1.807) is 0 Å². The molecule has 0 atom stereocenters. The van der Waals surface area contributed by atoms with Crippen molar-refractivity contribution in [1.29, 1.82) is 0 Å². The molecule has 0 fully saturated rings. The van der Waals surface area contributed by atoms with E-state index in [1.807, 2.05) is 0 Å². The van der Waals surface area contributed by atoms with Gasteiger partial charge in [-0.05, 0) is 48.9 Å². The SMILES string of the molecule is Cc1nc2c(cc1Cc1ccccc1)CCCN2. The van der Waals surface area contributed by atoms with Gasteiger partial charge in [0.2, 0.25) is 0 Å². The van der Waals surface area contributed by atoms with Gasteiger partial charge in [0.15, 0.2) is 0 Å². The molecule has 1 aromatic carbocycles. The molecule has 0 bridgehead atoms. The Labute approximate surface area is 108 Å². The molecule has 1 aromatic heterocycles. The van der Waals surface area contributed by atoms with Gasteiger partial charge in [0.25, 0.3) is 0 Å². The summed E-state index contributed by atoms with van der Waals surface area (Å²) in [4.78, 5) is 4.70. The Kier molecular flexibility index (Phi) is 3.01. The van der Waals surface area contributed by atoms with E-state index in [-0.39, 0.29) is 0 Å². The third-order valence-electron chi connectivity index (χ3n) is 3.55. The summed E-state index contributed by atoms with van der Waals surface area (Å²) in [7, 11) is 0. The lowest BCUT2D eigenvalue weighted by molar-refractivity contribution is 0.810. The molecular weight excluding hydrogens is 220 g/mol. The average molecular weight is 238 g/mol. The standard InChI is InChI=1S/C16H18N2/c1-12-15(10-13-6-3-2-4-7-13)11-14-8-5-9-17-16(14)18-12/h2-4,6-7,11H,5,8-10H2,1H3,(H,17,18). The number of aromatic nitrogens is 1. The van der Waals surface area contributed by atoms with Crippen molar-refractivity contribution in [2.75, 3.05) is 11.9 Å². The van der Waals surface area contributed by atoms with Crippen molar-refractivity contribution < 1.29 is 0 Å². The zero-order valence-electron chi connectivity index (χ0n) is 10.7. The molecule has 2 nitrogen and oxygen atoms in total. The number of benzene rings is 1. The Morgan fingerprint density at radius 3 is 2.89 bits per heavy atom. The van der Waals surface area contributed by atoms with Crippen LogP contribution >= 0.6 is 0 Å². The monoisotopic (exact) mass is 238 g/mol. The van der Waals surface area contributed by atoms with Crippen LogP contribution in [-0.4, -0.2) is 11.5 Å². The Bertz CT molecular complexity index is 547. The van der Waals surface area contributed by atoms with E-state index in [0.717, 1.165) is 30.9 Å². The van der Waals surface area contributed by atoms with Gasteiger partial charge in [0.05, 0.1) is 0 Å². The van der Waals surface area contributed by atoms with Crippen LogP contribution in [0.3, 0.4) is 0 Å². The molecule has 0 saturated carbocycles. The summed E-state index contributed by atoms with van der Waals surface area (Å²) in [5.41, 5.74) is 5.22. The molecule has 2 heterocycles. The quantitative estimate of drug-likeness (QED) is 0.868. The Morgan fingerprint density at radius 2 is 2.06 bits per heavy atom. The number of aryl methyl sites for hydroxylation is 2. The second-order valence-corrected chi connectivity index (χ2v) is 4.93. The third kappa shape index (κ3) is 2.23. The van der Waals surface area contributed by atoms with E-state index in [1.165, 1.54) is 23.1 Å². The normalized spacial score (nSPS) is 13.8. The van der Waals surface area contributed by atoms with E-state index in [4.69, 9.17) is 4.98 Å². The zero-order chi connectivity index (χ0) is 12.4. The van der Waals surface area contributed by atoms with Gasteiger partial charge in [-0.2, -0.15) is 0 Å². The van der Waals surface area contributed by atoms with Crippen LogP contribution in [0.4, 0.5) is 5.82 Å². The molecule has 1 aliphatic heterocycles. The van der Waals surface area contributed by atoms with Gasteiger partial charge >= 0.3 is 0 Å². The van der Waals surface area contributed by atoms with Crippen LogP contribution in [0, 0.1) is 6.92 Å². The third-order valence-corrected chi connectivity index (χ3v) is 3.55. The van der Waals surface area contributed by atoms with Crippen molar-refractivity contribution in [1.82, 2.24) is 4.98 Å². The Balaban J connectivity index is 1.92. The summed E-state index contributed by atoms with van der Waals surface area (Å²) in [5, 5.41) is 3.38. The molecule has 0 spiro atoms. The summed E-state index contributed by atoms with van der Waals surface area (Å²) in [6.45, 7) is 3.16. The van der Waals surface area contributed by atoms with Crippen LogP contribution in [-0.2, 0) is 12.8 Å². The van der Waals surface area contributed by atoms with Gasteiger partial charge in [0.1, 0.15) is 5.82 Å². The molecule has 1 N–H and O–H groups in total. The number of rotatable bonds is 2. The lowest BCUT2D eigenvalue weighted by atomic mass is 9.99. The molecule has 0 radical (unpaired) electrons. The number of hydrogen-bond donors (Lipinski definition) is 1. The van der Waals surface area contributed by atoms with Gasteiger partial charge in [-0.15, -0.1) is 0 Å². The Hall–Kier alpha value is -1.83. The van der Waals surface area contributed by atoms with E-state index in [2.05, 4.69) is 48.6 Å². The molecule has 0 aliphatic carbocycles. The minimum Gasteiger partial charge on any atom is -0.370 e. The Morgan fingerprint density at radius 1 is 1.22 bits per heavy atom. The fraction of sp³-hybridized carbons (Fsp3) is 0.312.